The van der Waals surface area contributed by atoms with Gasteiger partial charge in [0.2, 0.25) is 7.37 Å². The molecule has 0 aliphatic heterocycles. The lowest BCUT2D eigenvalue weighted by Gasteiger charge is -2.28. The van der Waals surface area contributed by atoms with Crippen molar-refractivity contribution in [2.45, 2.75) is 72.6 Å². The molecule has 1 rings (SSSR count). The van der Waals surface area contributed by atoms with E-state index in [2.05, 4.69) is 53.7 Å². The third kappa shape index (κ3) is 5.36. The van der Waals surface area contributed by atoms with Crippen LogP contribution in [0.5, 0.6) is 5.75 Å². The zero-order chi connectivity index (χ0) is 18.8. The molecule has 0 heterocycles. The van der Waals surface area contributed by atoms with Crippen LogP contribution in [0.3, 0.4) is 0 Å². The number of phenolic OH excluding ortho intramolecular Hbond substituents is 1. The Morgan fingerprint density at radius 3 is 1.79 bits per heavy atom. The topological polar surface area (TPSA) is 46.5 Å². The molecule has 0 saturated carbocycles. The van der Waals surface area contributed by atoms with Crippen molar-refractivity contribution in [1.29, 1.82) is 0 Å². The van der Waals surface area contributed by atoms with Gasteiger partial charge in [-0.1, -0.05) is 60.6 Å². The van der Waals surface area contributed by atoms with E-state index in [-0.39, 0.29) is 10.8 Å². The van der Waals surface area contributed by atoms with Gasteiger partial charge in [0.05, 0.1) is 6.61 Å². The van der Waals surface area contributed by atoms with Crippen molar-refractivity contribution < 1.29 is 14.2 Å². The Bertz CT molecular complexity index is 571. The van der Waals surface area contributed by atoms with Crippen molar-refractivity contribution in [2.24, 2.45) is 0 Å². The molecule has 0 radical (unpaired) electrons. The van der Waals surface area contributed by atoms with Gasteiger partial charge in [-0.05, 0) is 40.9 Å². The van der Waals surface area contributed by atoms with Crippen LogP contribution in [-0.4, -0.2) is 24.0 Å². The fourth-order valence-electron chi connectivity index (χ4n) is 2.83. The monoisotopic (exact) mass is 354 g/mol. The standard InChI is InChI=1S/C20H35O3P/c1-9-23-24(22,10-2)12-11-15-13-16(19(3,4)5)18(21)17(14-15)20(6,7)8/h13-14,21H,9-12H2,1-8H3. The van der Waals surface area contributed by atoms with Crippen molar-refractivity contribution in [3.63, 3.8) is 0 Å². The van der Waals surface area contributed by atoms with Gasteiger partial charge in [-0.25, -0.2) is 0 Å². The van der Waals surface area contributed by atoms with Crippen molar-refractivity contribution in [2.75, 3.05) is 18.9 Å². The highest BCUT2D eigenvalue weighted by molar-refractivity contribution is 7.58. The average molecular weight is 354 g/mol. The largest absolute Gasteiger partial charge is 0.507 e. The predicted molar refractivity (Wildman–Crippen MR) is 104 cm³/mol. The van der Waals surface area contributed by atoms with Gasteiger partial charge < -0.3 is 9.63 Å². The Labute approximate surface area is 148 Å². The lowest BCUT2D eigenvalue weighted by atomic mass is 9.78. The second-order valence-electron chi connectivity index (χ2n) is 8.56. The van der Waals surface area contributed by atoms with Gasteiger partial charge >= 0.3 is 0 Å². The first-order chi connectivity index (χ1) is 10.8. The molecule has 1 atom stereocenters. The highest BCUT2D eigenvalue weighted by Gasteiger charge is 2.27. The summed E-state index contributed by atoms with van der Waals surface area (Å²) in [7, 11) is -2.55. The molecule has 0 aromatic heterocycles. The zero-order valence-corrected chi connectivity index (χ0v) is 17.6. The summed E-state index contributed by atoms with van der Waals surface area (Å²) < 4.78 is 18.2. The molecular weight excluding hydrogens is 319 g/mol. The lowest BCUT2D eigenvalue weighted by molar-refractivity contribution is 0.333. The Hall–Kier alpha value is -0.790. The summed E-state index contributed by atoms with van der Waals surface area (Å²) in [5, 5.41) is 10.8. The van der Waals surface area contributed by atoms with Crippen LogP contribution in [0, 0.1) is 0 Å². The number of aryl methyl sites for hydroxylation is 1. The average Bonchev–Trinajstić information content (AvgIpc) is 2.44. The quantitative estimate of drug-likeness (QED) is 0.650. The smallest absolute Gasteiger partial charge is 0.203 e. The van der Waals surface area contributed by atoms with Gasteiger partial charge in [0.15, 0.2) is 0 Å². The van der Waals surface area contributed by atoms with Crippen LogP contribution >= 0.6 is 7.37 Å². The van der Waals surface area contributed by atoms with E-state index >= 15 is 0 Å². The van der Waals surface area contributed by atoms with Crippen LogP contribution < -0.4 is 0 Å². The van der Waals surface area contributed by atoms with E-state index in [1.807, 2.05) is 13.8 Å². The van der Waals surface area contributed by atoms with Gasteiger partial charge in [-0.3, -0.25) is 4.57 Å². The fraction of sp³-hybridized carbons (Fsp3) is 0.700. The molecule has 24 heavy (non-hydrogen) atoms. The summed E-state index contributed by atoms with van der Waals surface area (Å²) in [5.74, 6) is 0.391. The fourth-order valence-corrected chi connectivity index (χ4v) is 4.53. The molecular formula is C20H35O3P. The number of benzene rings is 1. The minimum absolute atomic E-state index is 0.144. The first-order valence-electron chi connectivity index (χ1n) is 8.93. The molecule has 4 heteroatoms. The van der Waals surface area contributed by atoms with E-state index in [1.165, 1.54) is 0 Å². The first kappa shape index (κ1) is 21.3. The van der Waals surface area contributed by atoms with Crippen LogP contribution in [-0.2, 0) is 26.3 Å². The summed E-state index contributed by atoms with van der Waals surface area (Å²) in [6, 6.07) is 4.13. The minimum Gasteiger partial charge on any atom is -0.507 e. The second kappa shape index (κ2) is 7.62. The molecule has 1 N–H and O–H groups in total. The molecule has 0 amide bonds. The van der Waals surface area contributed by atoms with Gasteiger partial charge in [-0.15, -0.1) is 0 Å². The molecule has 1 aromatic rings. The van der Waals surface area contributed by atoms with Crippen LogP contribution in [0.25, 0.3) is 0 Å². The maximum atomic E-state index is 12.7. The maximum absolute atomic E-state index is 12.7. The van der Waals surface area contributed by atoms with E-state index < -0.39 is 7.37 Å². The Morgan fingerprint density at radius 1 is 1.00 bits per heavy atom. The van der Waals surface area contributed by atoms with Gasteiger partial charge in [-0.2, -0.15) is 0 Å². The number of hydrogen-bond donors (Lipinski definition) is 1. The lowest BCUT2D eigenvalue weighted by Crippen LogP contribution is -2.18. The highest BCUT2D eigenvalue weighted by Crippen LogP contribution is 2.47. The van der Waals surface area contributed by atoms with Crippen molar-refractivity contribution in [3.8, 4) is 5.75 Å². The number of phenols is 1. The van der Waals surface area contributed by atoms with Crippen molar-refractivity contribution >= 4 is 7.37 Å². The van der Waals surface area contributed by atoms with Gasteiger partial charge in [0.25, 0.3) is 0 Å². The summed E-state index contributed by atoms with van der Waals surface area (Å²) in [6.07, 6.45) is 1.82. The molecule has 0 saturated heterocycles. The van der Waals surface area contributed by atoms with Crippen LogP contribution in [0.1, 0.15) is 72.1 Å². The summed E-state index contributed by atoms with van der Waals surface area (Å²) >= 11 is 0. The molecule has 0 aliphatic rings. The van der Waals surface area contributed by atoms with Crippen molar-refractivity contribution in [3.05, 3.63) is 28.8 Å². The first-order valence-corrected chi connectivity index (χ1v) is 10.9. The minimum atomic E-state index is -2.55. The third-order valence-corrected chi connectivity index (χ3v) is 6.97. The summed E-state index contributed by atoms with van der Waals surface area (Å²) in [6.45, 7) is 16.9. The van der Waals surface area contributed by atoms with Gasteiger partial charge in [0.1, 0.15) is 5.75 Å². The predicted octanol–water partition coefficient (Wildman–Crippen LogP) is 5.86. The number of hydrogen-bond acceptors (Lipinski definition) is 3. The van der Waals surface area contributed by atoms with E-state index in [0.29, 0.717) is 31.1 Å². The number of aromatic hydroxyl groups is 1. The van der Waals surface area contributed by atoms with Crippen LogP contribution in [0.2, 0.25) is 0 Å². The summed E-state index contributed by atoms with van der Waals surface area (Å²) in [5.41, 5.74) is 2.74. The SMILES string of the molecule is CCOP(=O)(CC)CCc1cc(C(C)(C)C)c(O)c(C(C)(C)C)c1. The van der Waals surface area contributed by atoms with E-state index in [4.69, 9.17) is 4.52 Å². The van der Waals surface area contributed by atoms with E-state index in [1.54, 1.807) is 0 Å². The van der Waals surface area contributed by atoms with E-state index in [9.17, 15) is 9.67 Å². The molecule has 3 nitrogen and oxygen atoms in total. The zero-order valence-electron chi connectivity index (χ0n) is 16.7. The van der Waals surface area contributed by atoms with Crippen LogP contribution in [0.4, 0.5) is 0 Å². The molecule has 0 spiro atoms. The normalized spacial score (nSPS) is 15.3. The molecule has 0 fully saturated rings. The molecule has 1 aromatic carbocycles. The Morgan fingerprint density at radius 2 is 1.46 bits per heavy atom. The Kier molecular flexibility index (Phi) is 6.75. The maximum Gasteiger partial charge on any atom is 0.203 e. The molecule has 138 valence electrons. The highest BCUT2D eigenvalue weighted by atomic mass is 31.2. The van der Waals surface area contributed by atoms with Gasteiger partial charge in [0, 0.05) is 12.3 Å². The Balaban J connectivity index is 3.27. The molecule has 1 unspecified atom stereocenters. The van der Waals surface area contributed by atoms with Crippen LogP contribution in [0.15, 0.2) is 12.1 Å². The molecule has 0 aliphatic carbocycles. The second-order valence-corrected chi connectivity index (χ2v) is 11.5. The molecule has 0 bridgehead atoms. The third-order valence-electron chi connectivity index (χ3n) is 4.37. The number of rotatable bonds is 6. The van der Waals surface area contributed by atoms with E-state index in [0.717, 1.165) is 16.7 Å². The van der Waals surface area contributed by atoms with Crippen molar-refractivity contribution in [1.82, 2.24) is 0 Å². The summed E-state index contributed by atoms with van der Waals surface area (Å²) in [4.78, 5) is 0.